The first kappa shape index (κ1) is 24.6. The van der Waals surface area contributed by atoms with E-state index >= 15 is 0 Å². The summed E-state index contributed by atoms with van der Waals surface area (Å²) < 4.78 is 0. The number of carboxylic acid groups (broad SMARTS) is 1. The molecule has 166 valence electrons. The van der Waals surface area contributed by atoms with Crippen molar-refractivity contribution in [2.45, 2.75) is 44.0 Å². The molecule has 0 aromatic heterocycles. The van der Waals surface area contributed by atoms with Crippen molar-refractivity contribution in [2.24, 2.45) is 5.73 Å². The number of carboxylic acids is 1. The van der Waals surface area contributed by atoms with E-state index in [1.165, 1.54) is 0 Å². The number of nitrogens with zero attached hydrogens (tertiary/aromatic N) is 2. The number of aliphatic carboxylic acids is 1. The highest BCUT2D eigenvalue weighted by Crippen LogP contribution is 2.21. The van der Waals surface area contributed by atoms with Gasteiger partial charge in [-0.3, -0.25) is 14.5 Å². The minimum atomic E-state index is -1.37. The van der Waals surface area contributed by atoms with Crippen molar-refractivity contribution in [3.05, 3.63) is 34.9 Å². The first-order valence-electron chi connectivity index (χ1n) is 10.4. The van der Waals surface area contributed by atoms with Gasteiger partial charge >= 0.3 is 13.1 Å². The molecular formula is C20H31BClN3O5. The molecule has 1 aliphatic heterocycles. The van der Waals surface area contributed by atoms with E-state index in [1.807, 2.05) is 0 Å². The average molecular weight is 440 g/mol. The van der Waals surface area contributed by atoms with Crippen LogP contribution in [0.1, 0.15) is 42.5 Å². The highest BCUT2D eigenvalue weighted by molar-refractivity contribution is 6.40. The van der Waals surface area contributed by atoms with Crippen LogP contribution < -0.4 is 5.73 Å². The van der Waals surface area contributed by atoms with E-state index in [0.29, 0.717) is 55.8 Å². The van der Waals surface area contributed by atoms with E-state index in [0.717, 1.165) is 19.6 Å². The standard InChI is InChI=1S/C20H31BClN3O5/c22-17-7-2-1-6-16(17)18(26)25-14-12-24(13-15-25)11-5-9-20(23,19(27)28)8-3-4-10-21(29)30/h1-2,6-7,29-30H,3-5,8-15,23H2,(H,27,28). The van der Waals surface area contributed by atoms with E-state index in [1.54, 1.807) is 29.2 Å². The maximum absolute atomic E-state index is 12.6. The Balaban J connectivity index is 1.74. The highest BCUT2D eigenvalue weighted by Gasteiger charge is 2.33. The van der Waals surface area contributed by atoms with Gasteiger partial charge in [0.2, 0.25) is 0 Å². The van der Waals surface area contributed by atoms with E-state index in [-0.39, 0.29) is 12.2 Å². The molecule has 2 rings (SSSR count). The fourth-order valence-corrected chi connectivity index (χ4v) is 3.92. The summed E-state index contributed by atoms with van der Waals surface area (Å²) in [6.45, 7) is 3.35. The SMILES string of the molecule is NC(CCCCB(O)O)(CCCN1CCN(C(=O)c2ccccc2Cl)CC1)C(=O)O. The van der Waals surface area contributed by atoms with Crippen molar-refractivity contribution in [1.29, 1.82) is 0 Å². The van der Waals surface area contributed by atoms with Gasteiger partial charge in [0.05, 0.1) is 10.6 Å². The van der Waals surface area contributed by atoms with Gasteiger partial charge in [0.1, 0.15) is 5.54 Å². The monoisotopic (exact) mass is 439 g/mol. The lowest BCUT2D eigenvalue weighted by Crippen LogP contribution is -2.50. The van der Waals surface area contributed by atoms with Gasteiger partial charge in [-0.25, -0.2) is 0 Å². The van der Waals surface area contributed by atoms with Crippen LogP contribution in [-0.4, -0.2) is 82.2 Å². The molecule has 0 spiro atoms. The molecule has 1 heterocycles. The summed E-state index contributed by atoms with van der Waals surface area (Å²) in [5.74, 6) is -1.10. The maximum atomic E-state index is 12.6. The maximum Gasteiger partial charge on any atom is 0.451 e. The summed E-state index contributed by atoms with van der Waals surface area (Å²) in [5, 5.41) is 27.7. The van der Waals surface area contributed by atoms with Crippen LogP contribution >= 0.6 is 11.6 Å². The second-order valence-corrected chi connectivity index (χ2v) is 8.31. The Labute approximate surface area is 182 Å². The van der Waals surface area contributed by atoms with Crippen LogP contribution in [0.2, 0.25) is 11.3 Å². The number of piperazine rings is 1. The molecule has 1 aromatic carbocycles. The molecule has 0 aliphatic carbocycles. The third-order valence-corrected chi connectivity index (χ3v) is 5.95. The lowest BCUT2D eigenvalue weighted by Gasteiger charge is -2.35. The number of amides is 1. The van der Waals surface area contributed by atoms with Crippen LogP contribution in [0.15, 0.2) is 24.3 Å². The number of unbranched alkanes of at least 4 members (excludes halogenated alkanes) is 1. The summed E-state index contributed by atoms with van der Waals surface area (Å²) >= 11 is 6.12. The van der Waals surface area contributed by atoms with Gasteiger partial charge in [0.25, 0.3) is 5.91 Å². The van der Waals surface area contributed by atoms with Crippen LogP contribution in [0, 0.1) is 0 Å². The number of halogens is 1. The average Bonchev–Trinajstić information content (AvgIpc) is 2.71. The number of hydrogen-bond donors (Lipinski definition) is 4. The number of carbonyl (C=O) groups excluding carboxylic acids is 1. The zero-order valence-electron chi connectivity index (χ0n) is 17.2. The van der Waals surface area contributed by atoms with Gasteiger partial charge in [-0.15, -0.1) is 0 Å². The number of rotatable bonds is 11. The fourth-order valence-electron chi connectivity index (χ4n) is 3.70. The van der Waals surface area contributed by atoms with E-state index < -0.39 is 18.6 Å². The second kappa shape index (κ2) is 11.7. The van der Waals surface area contributed by atoms with Gasteiger partial charge in [-0.2, -0.15) is 0 Å². The molecule has 1 aromatic rings. The van der Waals surface area contributed by atoms with Crippen LogP contribution in [0.25, 0.3) is 0 Å². The van der Waals surface area contributed by atoms with E-state index in [9.17, 15) is 14.7 Å². The number of hydrogen-bond acceptors (Lipinski definition) is 6. The van der Waals surface area contributed by atoms with Crippen molar-refractivity contribution < 1.29 is 24.7 Å². The summed E-state index contributed by atoms with van der Waals surface area (Å²) in [6, 6.07) is 7.02. The van der Waals surface area contributed by atoms with Crippen LogP contribution in [-0.2, 0) is 4.79 Å². The zero-order chi connectivity index (χ0) is 22.1. The normalized spacial score (nSPS) is 16.9. The summed E-state index contributed by atoms with van der Waals surface area (Å²) in [7, 11) is -1.37. The molecule has 8 nitrogen and oxygen atoms in total. The van der Waals surface area contributed by atoms with Gasteiger partial charge in [-0.1, -0.05) is 36.6 Å². The third kappa shape index (κ3) is 7.25. The van der Waals surface area contributed by atoms with E-state index in [2.05, 4.69) is 4.90 Å². The van der Waals surface area contributed by atoms with Gasteiger partial charge in [-0.05, 0) is 44.3 Å². The Kier molecular flexibility index (Phi) is 9.58. The van der Waals surface area contributed by atoms with Gasteiger partial charge in [0.15, 0.2) is 0 Å². The predicted molar refractivity (Wildman–Crippen MR) is 116 cm³/mol. The van der Waals surface area contributed by atoms with Crippen LogP contribution in [0.4, 0.5) is 0 Å². The highest BCUT2D eigenvalue weighted by atomic mass is 35.5. The fraction of sp³-hybridized carbons (Fsp3) is 0.600. The number of carbonyl (C=O) groups is 2. The summed E-state index contributed by atoms with van der Waals surface area (Å²) in [4.78, 5) is 28.2. The molecule has 10 heteroatoms. The smallest absolute Gasteiger partial charge is 0.451 e. The van der Waals surface area contributed by atoms with Gasteiger partial charge in [0, 0.05) is 26.2 Å². The lowest BCUT2D eigenvalue weighted by atomic mass is 9.81. The summed E-state index contributed by atoms with van der Waals surface area (Å²) in [6.07, 6.45) is 2.56. The Morgan fingerprint density at radius 1 is 1.07 bits per heavy atom. The largest absolute Gasteiger partial charge is 0.480 e. The van der Waals surface area contributed by atoms with Crippen molar-refractivity contribution in [1.82, 2.24) is 9.80 Å². The Hall–Kier alpha value is -1.65. The van der Waals surface area contributed by atoms with Crippen LogP contribution in [0.5, 0.6) is 0 Å². The molecule has 1 saturated heterocycles. The molecule has 0 radical (unpaired) electrons. The van der Waals surface area contributed by atoms with Crippen LogP contribution in [0.3, 0.4) is 0 Å². The molecule has 1 amide bonds. The molecule has 1 unspecified atom stereocenters. The molecule has 1 atom stereocenters. The first-order valence-corrected chi connectivity index (χ1v) is 10.8. The third-order valence-electron chi connectivity index (χ3n) is 5.62. The number of nitrogens with two attached hydrogens (primary N) is 1. The molecule has 0 bridgehead atoms. The Morgan fingerprint density at radius 3 is 2.30 bits per heavy atom. The minimum absolute atomic E-state index is 0.0694. The molecule has 1 aliphatic rings. The quantitative estimate of drug-likeness (QED) is 0.302. The molecule has 1 fully saturated rings. The molecule has 30 heavy (non-hydrogen) atoms. The first-order chi connectivity index (χ1) is 14.2. The van der Waals surface area contributed by atoms with Crippen molar-refractivity contribution in [3.8, 4) is 0 Å². The molecule has 5 N–H and O–H groups in total. The molecule has 0 saturated carbocycles. The lowest BCUT2D eigenvalue weighted by molar-refractivity contribution is -0.144. The van der Waals surface area contributed by atoms with E-state index in [4.69, 9.17) is 27.4 Å². The van der Waals surface area contributed by atoms with Crippen molar-refractivity contribution in [2.75, 3.05) is 32.7 Å². The Bertz CT molecular complexity index is 715. The second-order valence-electron chi connectivity index (χ2n) is 7.90. The van der Waals surface area contributed by atoms with Gasteiger partial charge < -0.3 is 25.8 Å². The predicted octanol–water partition coefficient (Wildman–Crippen LogP) is 1.30. The topological polar surface area (TPSA) is 127 Å². The summed E-state index contributed by atoms with van der Waals surface area (Å²) in [5.41, 5.74) is 5.31. The number of benzene rings is 1. The Morgan fingerprint density at radius 2 is 1.70 bits per heavy atom. The van der Waals surface area contributed by atoms with Crippen molar-refractivity contribution in [3.63, 3.8) is 0 Å². The minimum Gasteiger partial charge on any atom is -0.480 e. The zero-order valence-corrected chi connectivity index (χ0v) is 17.9. The molecular weight excluding hydrogens is 409 g/mol. The van der Waals surface area contributed by atoms with Crippen molar-refractivity contribution >= 4 is 30.6 Å².